The van der Waals surface area contributed by atoms with E-state index in [1.807, 2.05) is 17.0 Å². The highest BCUT2D eigenvalue weighted by Crippen LogP contribution is 2.08. The lowest BCUT2D eigenvalue weighted by Gasteiger charge is -2.34. The fourth-order valence-corrected chi connectivity index (χ4v) is 2.65. The van der Waals surface area contributed by atoms with E-state index in [9.17, 15) is 4.79 Å². The number of amides is 1. The summed E-state index contributed by atoms with van der Waals surface area (Å²) < 4.78 is 5.08. The number of rotatable bonds is 6. The summed E-state index contributed by atoms with van der Waals surface area (Å²) in [4.78, 5) is 16.7. The summed E-state index contributed by atoms with van der Waals surface area (Å²) >= 11 is 0. The lowest BCUT2D eigenvalue weighted by Crippen LogP contribution is -2.49. The fourth-order valence-electron chi connectivity index (χ4n) is 2.65. The minimum absolute atomic E-state index is 0.246. The van der Waals surface area contributed by atoms with Gasteiger partial charge in [0.25, 0.3) is 0 Å². The molecule has 1 fully saturated rings. The van der Waals surface area contributed by atoms with E-state index in [-0.39, 0.29) is 5.91 Å². The monoisotopic (exact) mass is 290 g/mol. The van der Waals surface area contributed by atoms with Crippen molar-refractivity contribution in [2.75, 3.05) is 46.4 Å². The van der Waals surface area contributed by atoms with Crippen LogP contribution >= 0.6 is 0 Å². The summed E-state index contributed by atoms with van der Waals surface area (Å²) in [6.45, 7) is 7.58. The Balaban J connectivity index is 1.74. The molecule has 0 atom stereocenters. The molecular formula is C17H26N2O2. The Kier molecular flexibility index (Phi) is 6.21. The first-order chi connectivity index (χ1) is 10.2. The van der Waals surface area contributed by atoms with Gasteiger partial charge in [-0.25, -0.2) is 0 Å². The van der Waals surface area contributed by atoms with E-state index in [4.69, 9.17) is 4.74 Å². The zero-order valence-electron chi connectivity index (χ0n) is 13.2. The summed E-state index contributed by atoms with van der Waals surface area (Å²) in [6, 6.07) is 8.23. The lowest BCUT2D eigenvalue weighted by molar-refractivity contribution is -0.132. The van der Waals surface area contributed by atoms with Crippen molar-refractivity contribution in [3.63, 3.8) is 0 Å². The third-order valence-electron chi connectivity index (χ3n) is 4.02. The average molecular weight is 290 g/mol. The fraction of sp³-hybridized carbons (Fsp3) is 0.588. The van der Waals surface area contributed by atoms with Crippen molar-refractivity contribution < 1.29 is 9.53 Å². The average Bonchev–Trinajstić information content (AvgIpc) is 2.50. The van der Waals surface area contributed by atoms with Crippen molar-refractivity contribution in [1.82, 2.24) is 9.80 Å². The first kappa shape index (κ1) is 16.0. The number of benzene rings is 1. The van der Waals surface area contributed by atoms with Crippen LogP contribution in [0.5, 0.6) is 0 Å². The van der Waals surface area contributed by atoms with E-state index < -0.39 is 0 Å². The Morgan fingerprint density at radius 1 is 1.14 bits per heavy atom. The lowest BCUT2D eigenvalue weighted by atomic mass is 10.1. The zero-order valence-corrected chi connectivity index (χ0v) is 13.2. The topological polar surface area (TPSA) is 32.8 Å². The molecule has 0 aliphatic carbocycles. The molecule has 21 heavy (non-hydrogen) atoms. The van der Waals surface area contributed by atoms with Crippen LogP contribution in [0.1, 0.15) is 17.5 Å². The SMILES string of the molecule is COCCCN1CCN(C(=O)Cc2ccc(C)cc2)CC1. The van der Waals surface area contributed by atoms with Crippen LogP contribution in [0.2, 0.25) is 0 Å². The molecule has 2 rings (SSSR count). The largest absolute Gasteiger partial charge is 0.385 e. The molecule has 1 aliphatic heterocycles. The van der Waals surface area contributed by atoms with Gasteiger partial charge in [0.1, 0.15) is 0 Å². The van der Waals surface area contributed by atoms with Gasteiger partial charge in [-0.3, -0.25) is 9.69 Å². The molecule has 1 aromatic rings. The van der Waals surface area contributed by atoms with Gasteiger partial charge in [0.2, 0.25) is 5.91 Å². The van der Waals surface area contributed by atoms with Crippen LogP contribution < -0.4 is 0 Å². The van der Waals surface area contributed by atoms with Crippen molar-refractivity contribution in [2.45, 2.75) is 19.8 Å². The smallest absolute Gasteiger partial charge is 0.227 e. The molecule has 0 spiro atoms. The predicted octanol–water partition coefficient (Wildman–Crippen LogP) is 1.72. The molecule has 0 aromatic heterocycles. The van der Waals surface area contributed by atoms with Crippen molar-refractivity contribution in [3.05, 3.63) is 35.4 Å². The molecule has 1 saturated heterocycles. The summed E-state index contributed by atoms with van der Waals surface area (Å²) in [5.41, 5.74) is 2.34. The molecule has 1 aliphatic rings. The van der Waals surface area contributed by atoms with Crippen LogP contribution in [0.3, 0.4) is 0 Å². The highest BCUT2D eigenvalue weighted by Gasteiger charge is 2.20. The standard InChI is InChI=1S/C17H26N2O2/c1-15-4-6-16(7-5-15)14-17(20)19-11-9-18(10-12-19)8-3-13-21-2/h4-7H,3,8-14H2,1-2H3. The quantitative estimate of drug-likeness (QED) is 0.748. The van der Waals surface area contributed by atoms with Crippen LogP contribution in [0.25, 0.3) is 0 Å². The molecule has 0 bridgehead atoms. The predicted molar refractivity (Wildman–Crippen MR) is 84.4 cm³/mol. The normalized spacial score (nSPS) is 16.2. The molecule has 0 radical (unpaired) electrons. The maximum Gasteiger partial charge on any atom is 0.227 e. The van der Waals surface area contributed by atoms with Crippen LogP contribution in [-0.4, -0.2) is 62.1 Å². The molecule has 0 N–H and O–H groups in total. The van der Waals surface area contributed by atoms with Gasteiger partial charge in [-0.05, 0) is 18.9 Å². The van der Waals surface area contributed by atoms with Gasteiger partial charge in [-0.1, -0.05) is 29.8 Å². The number of methoxy groups -OCH3 is 1. The number of ether oxygens (including phenoxy) is 1. The first-order valence-electron chi connectivity index (χ1n) is 7.73. The Hall–Kier alpha value is -1.39. The van der Waals surface area contributed by atoms with Gasteiger partial charge >= 0.3 is 0 Å². The molecule has 4 heteroatoms. The second-order valence-corrected chi connectivity index (χ2v) is 5.73. The minimum Gasteiger partial charge on any atom is -0.385 e. The number of aryl methyl sites for hydroxylation is 1. The second kappa shape index (κ2) is 8.15. The molecule has 1 aromatic carbocycles. The van der Waals surface area contributed by atoms with E-state index in [0.717, 1.165) is 51.3 Å². The molecule has 1 heterocycles. The molecule has 116 valence electrons. The molecule has 0 unspecified atom stereocenters. The van der Waals surface area contributed by atoms with Gasteiger partial charge in [0.05, 0.1) is 6.42 Å². The maximum absolute atomic E-state index is 12.3. The Morgan fingerprint density at radius 2 is 1.81 bits per heavy atom. The number of piperazine rings is 1. The molecular weight excluding hydrogens is 264 g/mol. The van der Waals surface area contributed by atoms with Crippen molar-refractivity contribution in [3.8, 4) is 0 Å². The minimum atomic E-state index is 0.246. The molecule has 1 amide bonds. The number of hydrogen-bond donors (Lipinski definition) is 0. The summed E-state index contributed by atoms with van der Waals surface area (Å²) in [5, 5.41) is 0. The number of carbonyl (C=O) groups is 1. The van der Waals surface area contributed by atoms with Crippen LogP contribution in [0, 0.1) is 6.92 Å². The third-order valence-corrected chi connectivity index (χ3v) is 4.02. The molecule has 0 saturated carbocycles. The van der Waals surface area contributed by atoms with Crippen molar-refractivity contribution >= 4 is 5.91 Å². The second-order valence-electron chi connectivity index (χ2n) is 5.73. The first-order valence-corrected chi connectivity index (χ1v) is 7.73. The van der Waals surface area contributed by atoms with E-state index in [1.54, 1.807) is 7.11 Å². The number of nitrogens with zero attached hydrogens (tertiary/aromatic N) is 2. The zero-order chi connectivity index (χ0) is 15.1. The van der Waals surface area contributed by atoms with E-state index in [2.05, 4.69) is 24.0 Å². The van der Waals surface area contributed by atoms with Crippen molar-refractivity contribution in [1.29, 1.82) is 0 Å². The summed E-state index contributed by atoms with van der Waals surface area (Å²) in [7, 11) is 1.74. The van der Waals surface area contributed by atoms with Crippen LogP contribution in [0.4, 0.5) is 0 Å². The Bertz CT molecular complexity index is 437. The van der Waals surface area contributed by atoms with Crippen LogP contribution in [0.15, 0.2) is 24.3 Å². The number of hydrogen-bond acceptors (Lipinski definition) is 3. The highest BCUT2D eigenvalue weighted by atomic mass is 16.5. The van der Waals surface area contributed by atoms with E-state index in [0.29, 0.717) is 6.42 Å². The van der Waals surface area contributed by atoms with E-state index >= 15 is 0 Å². The number of carbonyl (C=O) groups excluding carboxylic acids is 1. The van der Waals surface area contributed by atoms with Gasteiger partial charge in [0, 0.05) is 46.4 Å². The Morgan fingerprint density at radius 3 is 2.43 bits per heavy atom. The maximum atomic E-state index is 12.3. The van der Waals surface area contributed by atoms with Gasteiger partial charge in [-0.15, -0.1) is 0 Å². The summed E-state index contributed by atoms with van der Waals surface area (Å²) in [5.74, 6) is 0.246. The van der Waals surface area contributed by atoms with Gasteiger partial charge < -0.3 is 9.64 Å². The highest BCUT2D eigenvalue weighted by molar-refractivity contribution is 5.78. The van der Waals surface area contributed by atoms with Gasteiger partial charge in [-0.2, -0.15) is 0 Å². The van der Waals surface area contributed by atoms with Crippen molar-refractivity contribution in [2.24, 2.45) is 0 Å². The Labute approximate surface area is 127 Å². The van der Waals surface area contributed by atoms with Crippen LogP contribution in [-0.2, 0) is 16.0 Å². The molecule has 4 nitrogen and oxygen atoms in total. The van der Waals surface area contributed by atoms with Gasteiger partial charge in [0.15, 0.2) is 0 Å². The summed E-state index contributed by atoms with van der Waals surface area (Å²) in [6.07, 6.45) is 1.58. The van der Waals surface area contributed by atoms with E-state index in [1.165, 1.54) is 5.56 Å². The third kappa shape index (κ3) is 5.14.